The van der Waals surface area contributed by atoms with E-state index in [1.165, 1.54) is 6.20 Å². The van der Waals surface area contributed by atoms with E-state index < -0.39 is 5.97 Å². The molecule has 1 heterocycles. The molecular formula is C11H11N3O2. The third kappa shape index (κ3) is 1.68. The molecule has 0 fully saturated rings. The van der Waals surface area contributed by atoms with Gasteiger partial charge in [-0.05, 0) is 12.1 Å². The number of rotatable bonds is 3. The molecule has 82 valence electrons. The van der Waals surface area contributed by atoms with Crippen LogP contribution < -0.4 is 5.73 Å². The number of carboxylic acids is 1. The average Bonchev–Trinajstić information content (AvgIpc) is 2.73. The number of carbonyl (C=O) groups is 1. The number of nitrogens with two attached hydrogens (primary N) is 1. The van der Waals surface area contributed by atoms with Gasteiger partial charge in [-0.25, -0.2) is 9.48 Å². The lowest BCUT2D eigenvalue weighted by atomic mass is 10.2. The van der Waals surface area contributed by atoms with Crippen molar-refractivity contribution in [1.82, 2.24) is 9.78 Å². The lowest BCUT2D eigenvalue weighted by molar-refractivity contribution is 0.0695. The molecule has 5 heteroatoms. The SMILES string of the molecule is NCc1c(C(=O)O)cnn1-c1ccccc1. The number of aromatic carboxylic acids is 1. The van der Waals surface area contributed by atoms with Gasteiger partial charge in [-0.3, -0.25) is 0 Å². The van der Waals surface area contributed by atoms with Crippen molar-refractivity contribution >= 4 is 5.97 Å². The van der Waals surface area contributed by atoms with Gasteiger partial charge in [-0.2, -0.15) is 5.10 Å². The highest BCUT2D eigenvalue weighted by atomic mass is 16.4. The summed E-state index contributed by atoms with van der Waals surface area (Å²) in [4.78, 5) is 10.9. The van der Waals surface area contributed by atoms with Gasteiger partial charge < -0.3 is 10.8 Å². The number of nitrogens with zero attached hydrogens (tertiary/aromatic N) is 2. The summed E-state index contributed by atoms with van der Waals surface area (Å²) >= 11 is 0. The molecule has 0 unspecified atom stereocenters. The predicted octanol–water partition coefficient (Wildman–Crippen LogP) is 1.03. The molecule has 0 atom stereocenters. The van der Waals surface area contributed by atoms with Gasteiger partial charge in [0.1, 0.15) is 5.56 Å². The molecule has 16 heavy (non-hydrogen) atoms. The second-order valence-corrected chi connectivity index (χ2v) is 3.26. The quantitative estimate of drug-likeness (QED) is 0.804. The second-order valence-electron chi connectivity index (χ2n) is 3.26. The highest BCUT2D eigenvalue weighted by Crippen LogP contribution is 2.14. The molecule has 0 bridgehead atoms. The van der Waals surface area contributed by atoms with Crippen LogP contribution in [0.25, 0.3) is 5.69 Å². The van der Waals surface area contributed by atoms with Gasteiger partial charge >= 0.3 is 5.97 Å². The van der Waals surface area contributed by atoms with Crippen molar-refractivity contribution in [3.63, 3.8) is 0 Å². The summed E-state index contributed by atoms with van der Waals surface area (Å²) in [5.41, 5.74) is 6.99. The smallest absolute Gasteiger partial charge is 0.339 e. The third-order valence-electron chi connectivity index (χ3n) is 2.29. The lowest BCUT2D eigenvalue weighted by Crippen LogP contribution is -2.10. The first-order valence-corrected chi connectivity index (χ1v) is 4.79. The van der Waals surface area contributed by atoms with Gasteiger partial charge in [0.05, 0.1) is 17.6 Å². The van der Waals surface area contributed by atoms with Gasteiger partial charge in [0.25, 0.3) is 0 Å². The Balaban J connectivity index is 2.54. The van der Waals surface area contributed by atoms with Gasteiger partial charge in [-0.15, -0.1) is 0 Å². The highest BCUT2D eigenvalue weighted by molar-refractivity contribution is 5.88. The minimum Gasteiger partial charge on any atom is -0.478 e. The Morgan fingerprint density at radius 3 is 2.62 bits per heavy atom. The van der Waals surface area contributed by atoms with Crippen molar-refractivity contribution < 1.29 is 9.90 Å². The van der Waals surface area contributed by atoms with E-state index in [1.807, 2.05) is 30.3 Å². The maximum absolute atomic E-state index is 10.9. The standard InChI is InChI=1S/C11H11N3O2/c12-6-10-9(11(15)16)7-13-14(10)8-4-2-1-3-5-8/h1-5,7H,6,12H2,(H,15,16). The van der Waals surface area contributed by atoms with E-state index in [-0.39, 0.29) is 12.1 Å². The summed E-state index contributed by atoms with van der Waals surface area (Å²) in [6.07, 6.45) is 1.32. The zero-order chi connectivity index (χ0) is 11.5. The molecular weight excluding hydrogens is 206 g/mol. The number of para-hydroxylation sites is 1. The molecule has 0 aliphatic carbocycles. The zero-order valence-corrected chi connectivity index (χ0v) is 8.50. The van der Waals surface area contributed by atoms with Crippen LogP contribution in [0.1, 0.15) is 16.1 Å². The molecule has 0 spiro atoms. The number of aromatic nitrogens is 2. The summed E-state index contributed by atoms with van der Waals surface area (Å²) < 4.78 is 1.55. The van der Waals surface area contributed by atoms with Crippen LogP contribution in [-0.4, -0.2) is 20.9 Å². The van der Waals surface area contributed by atoms with E-state index in [0.29, 0.717) is 5.69 Å². The Labute approximate surface area is 92.1 Å². The fourth-order valence-corrected chi connectivity index (χ4v) is 1.54. The van der Waals surface area contributed by atoms with Crippen LogP contribution in [0.2, 0.25) is 0 Å². The molecule has 3 N–H and O–H groups in total. The highest BCUT2D eigenvalue weighted by Gasteiger charge is 2.15. The van der Waals surface area contributed by atoms with Crippen LogP contribution in [0.4, 0.5) is 0 Å². The molecule has 5 nitrogen and oxygen atoms in total. The van der Waals surface area contributed by atoms with Crippen molar-refractivity contribution in [1.29, 1.82) is 0 Å². The first-order valence-electron chi connectivity index (χ1n) is 4.79. The number of hydrogen-bond acceptors (Lipinski definition) is 3. The van der Waals surface area contributed by atoms with Crippen LogP contribution in [0.15, 0.2) is 36.5 Å². The van der Waals surface area contributed by atoms with Gasteiger partial charge in [0, 0.05) is 6.54 Å². The van der Waals surface area contributed by atoms with Crippen molar-refractivity contribution in [3.8, 4) is 5.69 Å². The van der Waals surface area contributed by atoms with Crippen molar-refractivity contribution in [2.24, 2.45) is 5.73 Å². The van der Waals surface area contributed by atoms with Crippen molar-refractivity contribution in [2.75, 3.05) is 0 Å². The second kappa shape index (κ2) is 4.16. The average molecular weight is 217 g/mol. The van der Waals surface area contributed by atoms with E-state index in [0.717, 1.165) is 5.69 Å². The van der Waals surface area contributed by atoms with Crippen LogP contribution in [-0.2, 0) is 6.54 Å². The predicted molar refractivity (Wildman–Crippen MR) is 58.4 cm³/mol. The molecule has 2 aromatic rings. The van der Waals surface area contributed by atoms with Crippen LogP contribution in [0, 0.1) is 0 Å². The van der Waals surface area contributed by atoms with E-state index in [1.54, 1.807) is 4.68 Å². The molecule has 0 saturated heterocycles. The van der Waals surface area contributed by atoms with E-state index >= 15 is 0 Å². The Bertz CT molecular complexity index is 505. The fourth-order valence-electron chi connectivity index (χ4n) is 1.54. The minimum absolute atomic E-state index is 0.135. The summed E-state index contributed by atoms with van der Waals surface area (Å²) in [7, 11) is 0. The Morgan fingerprint density at radius 2 is 2.06 bits per heavy atom. The van der Waals surface area contributed by atoms with E-state index in [2.05, 4.69) is 5.10 Å². The summed E-state index contributed by atoms with van der Waals surface area (Å²) in [5.74, 6) is -1.01. The molecule has 0 saturated carbocycles. The van der Waals surface area contributed by atoms with Crippen molar-refractivity contribution in [2.45, 2.75) is 6.54 Å². The minimum atomic E-state index is -1.01. The van der Waals surface area contributed by atoms with Crippen LogP contribution in [0.5, 0.6) is 0 Å². The Hall–Kier alpha value is -2.14. The third-order valence-corrected chi connectivity index (χ3v) is 2.29. The summed E-state index contributed by atoms with van der Waals surface area (Å²) in [6.45, 7) is 0.135. The zero-order valence-electron chi connectivity index (χ0n) is 8.50. The van der Waals surface area contributed by atoms with Crippen molar-refractivity contribution in [3.05, 3.63) is 47.8 Å². The van der Waals surface area contributed by atoms with Gasteiger partial charge in [-0.1, -0.05) is 18.2 Å². The molecule has 0 radical (unpaired) electrons. The topological polar surface area (TPSA) is 81.1 Å². The Kier molecular flexibility index (Phi) is 2.70. The fraction of sp³-hybridized carbons (Fsp3) is 0.0909. The molecule has 1 aromatic carbocycles. The number of benzene rings is 1. The molecule has 0 amide bonds. The monoisotopic (exact) mass is 217 g/mol. The molecule has 0 aliphatic rings. The summed E-state index contributed by atoms with van der Waals surface area (Å²) in [5, 5.41) is 13.0. The molecule has 0 aliphatic heterocycles. The largest absolute Gasteiger partial charge is 0.478 e. The summed E-state index contributed by atoms with van der Waals surface area (Å²) in [6, 6.07) is 9.29. The first-order chi connectivity index (χ1) is 7.74. The maximum Gasteiger partial charge on any atom is 0.339 e. The molecule has 1 aromatic heterocycles. The van der Waals surface area contributed by atoms with Crippen LogP contribution in [0.3, 0.4) is 0 Å². The van der Waals surface area contributed by atoms with E-state index in [4.69, 9.17) is 10.8 Å². The van der Waals surface area contributed by atoms with Gasteiger partial charge in [0.15, 0.2) is 0 Å². The lowest BCUT2D eigenvalue weighted by Gasteiger charge is -2.05. The number of carboxylic acid groups (broad SMARTS) is 1. The normalized spacial score (nSPS) is 10.3. The number of hydrogen-bond donors (Lipinski definition) is 2. The maximum atomic E-state index is 10.9. The van der Waals surface area contributed by atoms with Crippen LogP contribution >= 0.6 is 0 Å². The van der Waals surface area contributed by atoms with Gasteiger partial charge in [0.2, 0.25) is 0 Å². The Morgan fingerprint density at radius 1 is 1.38 bits per heavy atom. The molecule has 2 rings (SSSR count). The van der Waals surface area contributed by atoms with E-state index in [9.17, 15) is 4.79 Å². The first kappa shape index (κ1) is 10.4.